The number of non-ortho nitro benzene ring substituents is 1. The normalized spacial score (nSPS) is 11.8. The van der Waals surface area contributed by atoms with Gasteiger partial charge in [0.1, 0.15) is 11.7 Å². The molecule has 14 heteroatoms. The molecule has 0 aliphatic carbocycles. The van der Waals surface area contributed by atoms with E-state index in [-0.39, 0.29) is 22.1 Å². The van der Waals surface area contributed by atoms with Crippen molar-refractivity contribution < 1.29 is 14.6 Å². The molecular formula is C16H12Cl3N5O5S. The lowest BCUT2D eigenvalue weighted by atomic mass is 10.1. The summed E-state index contributed by atoms with van der Waals surface area (Å²) in [6, 6.07) is 10.7. The Morgan fingerprint density at radius 3 is 2.27 bits per heavy atom. The Bertz CT molecular complexity index is 1000. The summed E-state index contributed by atoms with van der Waals surface area (Å²) in [7, 11) is 0. The van der Waals surface area contributed by atoms with E-state index in [1.807, 2.05) is 0 Å². The molecule has 3 N–H and O–H groups in total. The fourth-order valence-corrected chi connectivity index (χ4v) is 2.79. The third-order valence-corrected chi connectivity index (χ3v) is 4.41. The number of nitro benzene ring substituents is 2. The molecule has 1 amide bonds. The monoisotopic (exact) mass is 491 g/mol. The average Bonchev–Trinajstić information content (AvgIpc) is 2.66. The van der Waals surface area contributed by atoms with Crippen LogP contribution < -0.4 is 16.0 Å². The molecule has 0 aliphatic heterocycles. The number of anilines is 1. The summed E-state index contributed by atoms with van der Waals surface area (Å²) in [6.07, 6.45) is -1.39. The number of nitrogens with zero attached hydrogens (tertiary/aromatic N) is 2. The molecule has 10 nitrogen and oxygen atoms in total. The molecule has 30 heavy (non-hydrogen) atoms. The van der Waals surface area contributed by atoms with Crippen LogP contribution in [0.25, 0.3) is 0 Å². The summed E-state index contributed by atoms with van der Waals surface area (Å²) >= 11 is 22.8. The van der Waals surface area contributed by atoms with Gasteiger partial charge >= 0.3 is 0 Å². The minimum absolute atomic E-state index is 0.130. The molecule has 0 heterocycles. The number of amides is 1. The van der Waals surface area contributed by atoms with Crippen molar-refractivity contribution in [3.05, 3.63) is 74.3 Å². The number of thiocarbonyl (C=S) groups is 1. The van der Waals surface area contributed by atoms with Gasteiger partial charge in [0.25, 0.3) is 17.3 Å². The van der Waals surface area contributed by atoms with Crippen LogP contribution in [0.4, 0.5) is 17.1 Å². The van der Waals surface area contributed by atoms with Gasteiger partial charge in [0, 0.05) is 23.9 Å². The van der Waals surface area contributed by atoms with Crippen molar-refractivity contribution in [1.29, 1.82) is 0 Å². The molecule has 0 aromatic heterocycles. The number of rotatable bonds is 6. The Labute approximate surface area is 189 Å². The molecule has 2 aromatic carbocycles. The number of carbonyl (C=O) groups is 1. The SMILES string of the molecule is O=C(N[C@@H](NC(=S)Nc1cccc([N+](=O)[O-])c1)C(Cl)(Cl)Cl)c1ccccc1[N+](=O)[O-]. The van der Waals surface area contributed by atoms with Gasteiger partial charge in [0.15, 0.2) is 5.11 Å². The first-order chi connectivity index (χ1) is 14.0. The van der Waals surface area contributed by atoms with E-state index in [0.717, 1.165) is 6.07 Å². The topological polar surface area (TPSA) is 139 Å². The first-order valence-corrected chi connectivity index (χ1v) is 9.46. The van der Waals surface area contributed by atoms with Crippen molar-refractivity contribution in [3.63, 3.8) is 0 Å². The number of nitro groups is 2. The minimum Gasteiger partial charge on any atom is -0.339 e. The van der Waals surface area contributed by atoms with E-state index >= 15 is 0 Å². The number of para-hydroxylation sites is 1. The summed E-state index contributed by atoms with van der Waals surface area (Å²) in [5.41, 5.74) is -0.586. The molecule has 0 saturated heterocycles. The van der Waals surface area contributed by atoms with Crippen LogP contribution in [0.15, 0.2) is 48.5 Å². The molecule has 0 bridgehead atoms. The Morgan fingerprint density at radius 1 is 1.00 bits per heavy atom. The van der Waals surface area contributed by atoms with E-state index in [1.54, 1.807) is 0 Å². The number of halogens is 3. The maximum atomic E-state index is 12.5. The molecule has 0 aliphatic rings. The molecular weight excluding hydrogens is 481 g/mol. The zero-order valence-corrected chi connectivity index (χ0v) is 17.8. The van der Waals surface area contributed by atoms with Crippen molar-refractivity contribution >= 4 is 75.1 Å². The summed E-state index contributed by atoms with van der Waals surface area (Å²) in [4.78, 5) is 33.2. The lowest BCUT2D eigenvalue weighted by Crippen LogP contribution is -2.56. The third kappa shape index (κ3) is 6.39. The Kier molecular flexibility index (Phi) is 7.73. The minimum atomic E-state index is -2.10. The van der Waals surface area contributed by atoms with Crippen LogP contribution in [0.1, 0.15) is 10.4 Å². The molecule has 0 spiro atoms. The van der Waals surface area contributed by atoms with Crippen molar-refractivity contribution in [2.75, 3.05) is 5.32 Å². The predicted octanol–water partition coefficient (Wildman–Crippen LogP) is 3.92. The van der Waals surface area contributed by atoms with E-state index in [2.05, 4.69) is 16.0 Å². The van der Waals surface area contributed by atoms with Crippen molar-refractivity contribution in [2.45, 2.75) is 9.96 Å². The number of hydrogen-bond donors (Lipinski definition) is 3. The van der Waals surface area contributed by atoms with Gasteiger partial charge in [-0.25, -0.2) is 0 Å². The third-order valence-electron chi connectivity index (χ3n) is 3.54. The van der Waals surface area contributed by atoms with Gasteiger partial charge in [-0.15, -0.1) is 0 Å². The summed E-state index contributed by atoms with van der Waals surface area (Å²) in [5, 5.41) is 29.4. The second-order valence-electron chi connectivity index (χ2n) is 5.63. The van der Waals surface area contributed by atoms with Gasteiger partial charge in [-0.3, -0.25) is 25.0 Å². The van der Waals surface area contributed by atoms with Crippen LogP contribution >= 0.6 is 47.0 Å². The molecule has 2 aromatic rings. The highest BCUT2D eigenvalue weighted by atomic mass is 35.6. The average molecular weight is 493 g/mol. The number of hydrogen-bond acceptors (Lipinski definition) is 6. The highest BCUT2D eigenvalue weighted by Gasteiger charge is 2.36. The van der Waals surface area contributed by atoms with E-state index in [9.17, 15) is 25.0 Å². The Balaban J connectivity index is 2.16. The van der Waals surface area contributed by atoms with Crippen LogP contribution in [0, 0.1) is 20.2 Å². The number of carbonyl (C=O) groups excluding carboxylic acids is 1. The van der Waals surface area contributed by atoms with Gasteiger partial charge in [-0.05, 0) is 24.4 Å². The van der Waals surface area contributed by atoms with Gasteiger partial charge in [-0.1, -0.05) is 53.0 Å². The van der Waals surface area contributed by atoms with Crippen molar-refractivity contribution in [3.8, 4) is 0 Å². The van der Waals surface area contributed by atoms with Crippen LogP contribution in [-0.2, 0) is 0 Å². The van der Waals surface area contributed by atoms with Gasteiger partial charge < -0.3 is 16.0 Å². The van der Waals surface area contributed by atoms with E-state index in [4.69, 9.17) is 47.0 Å². The first kappa shape index (κ1) is 23.5. The van der Waals surface area contributed by atoms with Crippen LogP contribution in [0.5, 0.6) is 0 Å². The maximum Gasteiger partial charge on any atom is 0.282 e. The lowest BCUT2D eigenvalue weighted by molar-refractivity contribution is -0.385. The zero-order chi connectivity index (χ0) is 22.5. The molecule has 1 atom stereocenters. The molecule has 0 saturated carbocycles. The van der Waals surface area contributed by atoms with Gasteiger partial charge in [-0.2, -0.15) is 0 Å². The number of nitrogens with one attached hydrogen (secondary N) is 3. The standard InChI is InChI=1S/C16H12Cl3N5O5S/c17-16(18,19)14(21-13(25)11-6-1-2-7-12(11)24(28)29)22-15(30)20-9-4-3-5-10(8-9)23(26)27/h1-8,14H,(H,21,25)(H2,20,22,30)/t14-/m0/s1. The fourth-order valence-electron chi connectivity index (χ4n) is 2.23. The number of benzene rings is 2. The summed E-state index contributed by atoms with van der Waals surface area (Å²) in [6.45, 7) is 0. The number of alkyl halides is 3. The highest BCUT2D eigenvalue weighted by molar-refractivity contribution is 7.80. The quantitative estimate of drug-likeness (QED) is 0.181. The Hall–Kier alpha value is -2.73. The molecule has 0 unspecified atom stereocenters. The summed E-state index contributed by atoms with van der Waals surface area (Å²) < 4.78 is -2.10. The largest absolute Gasteiger partial charge is 0.339 e. The van der Waals surface area contributed by atoms with Gasteiger partial charge in [0.05, 0.1) is 9.85 Å². The van der Waals surface area contributed by atoms with Crippen LogP contribution in [0.3, 0.4) is 0 Å². The summed E-state index contributed by atoms with van der Waals surface area (Å²) in [5.74, 6) is -0.885. The van der Waals surface area contributed by atoms with Gasteiger partial charge in [0.2, 0.25) is 3.79 Å². The zero-order valence-electron chi connectivity index (χ0n) is 14.7. The second kappa shape index (κ2) is 9.85. The van der Waals surface area contributed by atoms with Crippen molar-refractivity contribution in [1.82, 2.24) is 10.6 Å². The lowest BCUT2D eigenvalue weighted by Gasteiger charge is -2.27. The highest BCUT2D eigenvalue weighted by Crippen LogP contribution is 2.30. The molecule has 0 fully saturated rings. The molecule has 158 valence electrons. The second-order valence-corrected chi connectivity index (χ2v) is 8.41. The Morgan fingerprint density at radius 2 is 1.67 bits per heavy atom. The van der Waals surface area contributed by atoms with Crippen LogP contribution in [0.2, 0.25) is 0 Å². The molecule has 0 radical (unpaired) electrons. The predicted molar refractivity (Wildman–Crippen MR) is 117 cm³/mol. The van der Waals surface area contributed by atoms with E-state index in [0.29, 0.717) is 0 Å². The first-order valence-electron chi connectivity index (χ1n) is 7.92. The molecule has 2 rings (SSSR count). The van der Waals surface area contributed by atoms with Crippen molar-refractivity contribution in [2.24, 2.45) is 0 Å². The maximum absolute atomic E-state index is 12.5. The fraction of sp³-hybridized carbons (Fsp3) is 0.125. The smallest absolute Gasteiger partial charge is 0.282 e. The van der Waals surface area contributed by atoms with E-state index < -0.39 is 31.4 Å². The van der Waals surface area contributed by atoms with Crippen LogP contribution in [-0.4, -0.2) is 30.8 Å². The van der Waals surface area contributed by atoms with E-state index in [1.165, 1.54) is 42.5 Å².